The summed E-state index contributed by atoms with van der Waals surface area (Å²) in [7, 11) is 1.86. The fourth-order valence-corrected chi connectivity index (χ4v) is 2.25. The summed E-state index contributed by atoms with van der Waals surface area (Å²) in [6.07, 6.45) is 0. The molecule has 0 aliphatic carbocycles. The Morgan fingerprint density at radius 3 is 2.38 bits per heavy atom. The molecule has 0 N–H and O–H groups in total. The van der Waals surface area contributed by atoms with Crippen molar-refractivity contribution in [3.63, 3.8) is 0 Å². The molecule has 0 atom stereocenters. The van der Waals surface area contributed by atoms with Gasteiger partial charge in [-0.15, -0.1) is 0 Å². The lowest BCUT2D eigenvalue weighted by Gasteiger charge is -2.29. The van der Waals surface area contributed by atoms with Crippen molar-refractivity contribution in [2.75, 3.05) is 13.6 Å². The molecular weight excluding hydrogens is 200 g/mol. The molecular formula is C13H18N2O. The largest absolute Gasteiger partial charge is 0.325 e. The molecule has 2 rings (SSSR count). The third-order valence-electron chi connectivity index (χ3n) is 3.10. The predicted molar refractivity (Wildman–Crippen MR) is 64.1 cm³/mol. The maximum Gasteiger partial charge on any atom is 0.320 e. The molecule has 3 heteroatoms. The fourth-order valence-electron chi connectivity index (χ4n) is 2.25. The van der Waals surface area contributed by atoms with Gasteiger partial charge in [0.05, 0.1) is 5.54 Å². The average molecular weight is 218 g/mol. The first kappa shape index (κ1) is 11.0. The predicted octanol–water partition coefficient (Wildman–Crippen LogP) is 2.33. The lowest BCUT2D eigenvalue weighted by atomic mass is 10.0. The molecule has 0 bridgehead atoms. The lowest BCUT2D eigenvalue weighted by Crippen LogP contribution is -2.41. The van der Waals surface area contributed by atoms with Crippen LogP contribution in [0.25, 0.3) is 0 Å². The smallest absolute Gasteiger partial charge is 0.320 e. The molecule has 1 aromatic carbocycles. The molecule has 0 radical (unpaired) electrons. The minimum Gasteiger partial charge on any atom is -0.325 e. The Morgan fingerprint density at radius 2 is 1.88 bits per heavy atom. The van der Waals surface area contributed by atoms with Gasteiger partial charge in [0.15, 0.2) is 0 Å². The maximum absolute atomic E-state index is 12.0. The summed E-state index contributed by atoms with van der Waals surface area (Å²) >= 11 is 0. The summed E-state index contributed by atoms with van der Waals surface area (Å²) in [5.41, 5.74) is 1.10. The van der Waals surface area contributed by atoms with Crippen molar-refractivity contribution in [2.45, 2.75) is 25.9 Å². The highest BCUT2D eigenvalue weighted by Gasteiger charge is 2.40. The van der Waals surface area contributed by atoms with E-state index in [0.717, 1.165) is 6.54 Å². The lowest BCUT2D eigenvalue weighted by molar-refractivity contribution is 0.168. The zero-order valence-electron chi connectivity index (χ0n) is 10.1. The number of carbonyl (C=O) groups is 1. The van der Waals surface area contributed by atoms with E-state index in [2.05, 4.69) is 26.0 Å². The molecule has 0 unspecified atom stereocenters. The number of benzene rings is 1. The average Bonchev–Trinajstić information content (AvgIpc) is 2.42. The summed E-state index contributed by atoms with van der Waals surface area (Å²) in [6.45, 7) is 5.70. The van der Waals surface area contributed by atoms with Crippen LogP contribution in [0.15, 0.2) is 30.3 Å². The zero-order chi connectivity index (χ0) is 11.8. The van der Waals surface area contributed by atoms with Gasteiger partial charge in [-0.2, -0.15) is 0 Å². The zero-order valence-corrected chi connectivity index (χ0v) is 10.1. The third-order valence-corrected chi connectivity index (χ3v) is 3.10. The van der Waals surface area contributed by atoms with Crippen LogP contribution in [-0.4, -0.2) is 35.0 Å². The van der Waals surface area contributed by atoms with E-state index >= 15 is 0 Å². The Bertz CT molecular complexity index is 386. The maximum atomic E-state index is 12.0. The van der Waals surface area contributed by atoms with Crippen molar-refractivity contribution in [1.29, 1.82) is 0 Å². The van der Waals surface area contributed by atoms with Gasteiger partial charge in [0.1, 0.15) is 0 Å². The van der Waals surface area contributed by atoms with E-state index in [1.165, 1.54) is 5.56 Å². The molecule has 0 aromatic heterocycles. The Kier molecular flexibility index (Phi) is 2.62. The number of carbonyl (C=O) groups excluding carboxylic acids is 1. The Balaban J connectivity index is 2.18. The fraction of sp³-hybridized carbons (Fsp3) is 0.462. The number of likely N-dealkylation sites (N-methyl/N-ethyl adjacent to an activating group) is 1. The summed E-state index contributed by atoms with van der Waals surface area (Å²) in [5.74, 6) is 0. The molecule has 1 saturated heterocycles. The van der Waals surface area contributed by atoms with E-state index < -0.39 is 0 Å². The molecule has 3 nitrogen and oxygen atoms in total. The first-order chi connectivity index (χ1) is 7.50. The van der Waals surface area contributed by atoms with Crippen LogP contribution in [0.5, 0.6) is 0 Å². The van der Waals surface area contributed by atoms with Crippen LogP contribution in [0.2, 0.25) is 0 Å². The quantitative estimate of drug-likeness (QED) is 0.747. The Morgan fingerprint density at radius 1 is 1.25 bits per heavy atom. The Hall–Kier alpha value is -1.51. The van der Waals surface area contributed by atoms with Crippen LogP contribution in [0.3, 0.4) is 0 Å². The number of rotatable bonds is 2. The van der Waals surface area contributed by atoms with Gasteiger partial charge in [0.25, 0.3) is 0 Å². The second-order valence-electron chi connectivity index (χ2n) is 5.02. The minimum absolute atomic E-state index is 0.0817. The van der Waals surface area contributed by atoms with Gasteiger partial charge >= 0.3 is 6.03 Å². The van der Waals surface area contributed by atoms with Crippen molar-refractivity contribution in [2.24, 2.45) is 0 Å². The Labute approximate surface area is 96.7 Å². The standard InChI is InChI=1S/C13H18N2O/c1-13(2)10-14(3)12(16)15(13)9-11-7-5-4-6-8-11/h4-8H,9-10H2,1-3H3. The van der Waals surface area contributed by atoms with Gasteiger partial charge in [0.2, 0.25) is 0 Å². The van der Waals surface area contributed by atoms with Crippen LogP contribution < -0.4 is 0 Å². The molecule has 0 spiro atoms. The topological polar surface area (TPSA) is 23.6 Å². The molecule has 16 heavy (non-hydrogen) atoms. The van der Waals surface area contributed by atoms with Crippen LogP contribution in [-0.2, 0) is 6.54 Å². The molecule has 1 fully saturated rings. The van der Waals surface area contributed by atoms with Crippen LogP contribution in [0, 0.1) is 0 Å². The van der Waals surface area contributed by atoms with E-state index in [1.54, 1.807) is 4.90 Å². The van der Waals surface area contributed by atoms with E-state index in [1.807, 2.05) is 30.1 Å². The van der Waals surface area contributed by atoms with E-state index in [-0.39, 0.29) is 11.6 Å². The molecule has 1 aromatic rings. The number of hydrogen-bond donors (Lipinski definition) is 0. The number of nitrogens with zero attached hydrogens (tertiary/aromatic N) is 2. The first-order valence-corrected chi connectivity index (χ1v) is 5.57. The van der Waals surface area contributed by atoms with Crippen LogP contribution in [0.1, 0.15) is 19.4 Å². The molecule has 2 amide bonds. The highest BCUT2D eigenvalue weighted by molar-refractivity contribution is 5.77. The SMILES string of the molecule is CN1CC(C)(C)N(Cc2ccccc2)C1=O. The van der Waals surface area contributed by atoms with Gasteiger partial charge in [-0.05, 0) is 19.4 Å². The minimum atomic E-state index is -0.0817. The number of amides is 2. The van der Waals surface area contributed by atoms with Gasteiger partial charge in [-0.25, -0.2) is 4.79 Å². The molecule has 1 aliphatic rings. The molecule has 1 heterocycles. The van der Waals surface area contributed by atoms with E-state index in [9.17, 15) is 4.79 Å². The van der Waals surface area contributed by atoms with E-state index in [4.69, 9.17) is 0 Å². The van der Waals surface area contributed by atoms with Gasteiger partial charge < -0.3 is 9.80 Å². The van der Waals surface area contributed by atoms with Crippen molar-refractivity contribution in [3.8, 4) is 0 Å². The normalized spacial score (nSPS) is 19.3. The number of urea groups is 1. The first-order valence-electron chi connectivity index (χ1n) is 5.57. The summed E-state index contributed by atoms with van der Waals surface area (Å²) in [4.78, 5) is 15.7. The molecule has 0 saturated carbocycles. The highest BCUT2D eigenvalue weighted by atomic mass is 16.2. The van der Waals surface area contributed by atoms with E-state index in [0.29, 0.717) is 6.54 Å². The van der Waals surface area contributed by atoms with Crippen LogP contribution >= 0.6 is 0 Å². The van der Waals surface area contributed by atoms with Crippen LogP contribution in [0.4, 0.5) is 4.79 Å². The molecule has 86 valence electrons. The summed E-state index contributed by atoms with van der Waals surface area (Å²) < 4.78 is 0. The van der Waals surface area contributed by atoms with Crippen molar-refractivity contribution in [3.05, 3.63) is 35.9 Å². The second-order valence-corrected chi connectivity index (χ2v) is 5.02. The van der Waals surface area contributed by atoms with Crippen molar-refractivity contribution < 1.29 is 4.79 Å². The summed E-state index contributed by atoms with van der Waals surface area (Å²) in [5, 5.41) is 0. The van der Waals surface area contributed by atoms with Gasteiger partial charge in [-0.1, -0.05) is 30.3 Å². The third kappa shape index (κ3) is 1.90. The van der Waals surface area contributed by atoms with Crippen molar-refractivity contribution in [1.82, 2.24) is 9.80 Å². The molecule has 1 aliphatic heterocycles. The van der Waals surface area contributed by atoms with Gasteiger partial charge in [0, 0.05) is 20.1 Å². The second kappa shape index (κ2) is 3.81. The van der Waals surface area contributed by atoms with Crippen molar-refractivity contribution >= 4 is 6.03 Å². The number of hydrogen-bond acceptors (Lipinski definition) is 1. The van der Waals surface area contributed by atoms with Gasteiger partial charge in [-0.3, -0.25) is 0 Å². The highest BCUT2D eigenvalue weighted by Crippen LogP contribution is 2.26. The summed E-state index contributed by atoms with van der Waals surface area (Å²) in [6, 6.07) is 10.2. The monoisotopic (exact) mass is 218 g/mol.